The number of carbonyl (C=O) groups excluding carboxylic acids is 1. The normalized spacial score (nSPS) is 15.2. The van der Waals surface area contributed by atoms with E-state index >= 15 is 0 Å². The first-order chi connectivity index (χ1) is 18.5. The van der Waals surface area contributed by atoms with Crippen LogP contribution in [0, 0.1) is 17.8 Å². The molecule has 0 saturated heterocycles. The van der Waals surface area contributed by atoms with Crippen molar-refractivity contribution in [1.29, 1.82) is 0 Å². The van der Waals surface area contributed by atoms with Crippen molar-refractivity contribution in [1.82, 2.24) is 4.90 Å². The molecule has 0 aromatic heterocycles. The van der Waals surface area contributed by atoms with E-state index in [1.54, 1.807) is 18.2 Å². The van der Waals surface area contributed by atoms with Gasteiger partial charge >= 0.3 is 5.97 Å². The number of aliphatic carboxylic acids is 1. The molecule has 1 amide bonds. The number of carboxylic acids is 1. The van der Waals surface area contributed by atoms with Crippen LogP contribution in [0.3, 0.4) is 0 Å². The number of carboxylic acid groups (broad SMARTS) is 1. The van der Waals surface area contributed by atoms with Gasteiger partial charge in [-0.15, -0.1) is 0 Å². The van der Waals surface area contributed by atoms with Crippen LogP contribution in [0.1, 0.15) is 109 Å². The molecule has 2 rings (SSSR count). The summed E-state index contributed by atoms with van der Waals surface area (Å²) in [6, 6.07) is 7.86. The summed E-state index contributed by atoms with van der Waals surface area (Å²) in [6.07, 6.45) is 21.9. The van der Waals surface area contributed by atoms with Gasteiger partial charge in [0.1, 0.15) is 0 Å². The second kappa shape index (κ2) is 18.2. The van der Waals surface area contributed by atoms with Crippen LogP contribution in [0.4, 0.5) is 0 Å². The molecule has 1 N–H and O–H groups in total. The van der Waals surface area contributed by atoms with Gasteiger partial charge in [-0.05, 0) is 48.6 Å². The molecule has 0 aliphatic heterocycles. The van der Waals surface area contributed by atoms with Crippen molar-refractivity contribution < 1.29 is 14.7 Å². The van der Waals surface area contributed by atoms with E-state index in [1.807, 2.05) is 41.3 Å². The molecule has 2 atom stereocenters. The first kappa shape index (κ1) is 31.2. The standard InChI is InChI=1S/C34H47NO3/c1-4-7-8-9-10-11-12-13-16-29-19-21-30(22-20-29)27-35(33(36)26-23-28(6-3)15-5-2)32-18-14-17-31(24-25-32)34(37)38/h14,17-22,24-25,28,32H,4-12,15,23,26-27H2,1-3H3,(H,37,38). The molecular formula is C34H47NO3. The highest BCUT2D eigenvalue weighted by atomic mass is 16.4. The lowest BCUT2D eigenvalue weighted by Gasteiger charge is -2.29. The minimum atomic E-state index is -0.969. The van der Waals surface area contributed by atoms with E-state index in [1.165, 1.54) is 32.1 Å². The Balaban J connectivity index is 2.05. The van der Waals surface area contributed by atoms with E-state index in [4.69, 9.17) is 0 Å². The van der Waals surface area contributed by atoms with E-state index in [2.05, 4.69) is 32.6 Å². The summed E-state index contributed by atoms with van der Waals surface area (Å²) in [5, 5.41) is 9.37. The number of benzene rings is 1. The molecule has 0 saturated carbocycles. The molecule has 0 bridgehead atoms. The maximum atomic E-state index is 13.5. The lowest BCUT2D eigenvalue weighted by molar-refractivity contribution is -0.133. The van der Waals surface area contributed by atoms with E-state index in [9.17, 15) is 14.7 Å². The zero-order chi connectivity index (χ0) is 27.6. The van der Waals surface area contributed by atoms with Gasteiger partial charge in [0.15, 0.2) is 0 Å². The Bertz CT molecular complexity index is 1010. The fourth-order valence-corrected chi connectivity index (χ4v) is 4.79. The van der Waals surface area contributed by atoms with Crippen molar-refractivity contribution in [3.8, 4) is 11.8 Å². The van der Waals surface area contributed by atoms with Gasteiger partial charge in [0.05, 0.1) is 11.6 Å². The van der Waals surface area contributed by atoms with Crippen LogP contribution in [0.15, 0.2) is 60.2 Å². The average Bonchev–Trinajstić information content (AvgIpc) is 3.18. The number of nitrogens with zero attached hydrogens (tertiary/aromatic N) is 1. The fraction of sp³-hybridized carbons (Fsp3) is 0.529. The summed E-state index contributed by atoms with van der Waals surface area (Å²) in [4.78, 5) is 26.8. The Morgan fingerprint density at radius 3 is 2.37 bits per heavy atom. The maximum absolute atomic E-state index is 13.5. The van der Waals surface area contributed by atoms with Gasteiger partial charge in [-0.25, -0.2) is 4.79 Å². The molecule has 0 spiro atoms. The van der Waals surface area contributed by atoms with Gasteiger partial charge < -0.3 is 10.0 Å². The largest absolute Gasteiger partial charge is 0.478 e. The van der Waals surface area contributed by atoms with E-state index < -0.39 is 5.97 Å². The van der Waals surface area contributed by atoms with Gasteiger partial charge in [-0.2, -0.15) is 0 Å². The third kappa shape index (κ3) is 11.5. The molecule has 2 unspecified atom stereocenters. The lowest BCUT2D eigenvalue weighted by Crippen LogP contribution is -2.37. The summed E-state index contributed by atoms with van der Waals surface area (Å²) in [6.45, 7) is 7.09. The van der Waals surface area contributed by atoms with Crippen molar-refractivity contribution in [3.05, 3.63) is 71.3 Å². The summed E-state index contributed by atoms with van der Waals surface area (Å²) < 4.78 is 0. The van der Waals surface area contributed by atoms with Crippen molar-refractivity contribution >= 4 is 11.9 Å². The predicted octanol–water partition coefficient (Wildman–Crippen LogP) is 8.23. The van der Waals surface area contributed by atoms with Crippen LogP contribution >= 0.6 is 0 Å². The Morgan fingerprint density at radius 2 is 1.68 bits per heavy atom. The van der Waals surface area contributed by atoms with Crippen LogP contribution in [0.25, 0.3) is 0 Å². The van der Waals surface area contributed by atoms with Crippen LogP contribution < -0.4 is 0 Å². The average molecular weight is 518 g/mol. The van der Waals surface area contributed by atoms with Crippen molar-refractivity contribution in [2.75, 3.05) is 0 Å². The number of allylic oxidation sites excluding steroid dienone is 2. The Kier molecular flexibility index (Phi) is 15.0. The molecule has 4 nitrogen and oxygen atoms in total. The maximum Gasteiger partial charge on any atom is 0.335 e. The lowest BCUT2D eigenvalue weighted by atomic mass is 9.95. The zero-order valence-corrected chi connectivity index (χ0v) is 23.8. The predicted molar refractivity (Wildman–Crippen MR) is 158 cm³/mol. The number of rotatable bonds is 16. The van der Waals surface area contributed by atoms with Crippen LogP contribution in [-0.2, 0) is 16.1 Å². The van der Waals surface area contributed by atoms with Gasteiger partial charge in [-0.3, -0.25) is 4.79 Å². The third-order valence-electron chi connectivity index (χ3n) is 7.22. The Hall–Kier alpha value is -3.06. The Morgan fingerprint density at radius 1 is 0.947 bits per heavy atom. The van der Waals surface area contributed by atoms with Crippen molar-refractivity contribution in [2.24, 2.45) is 5.92 Å². The number of hydrogen-bond acceptors (Lipinski definition) is 2. The molecule has 38 heavy (non-hydrogen) atoms. The molecule has 1 aromatic rings. The van der Waals surface area contributed by atoms with Gasteiger partial charge in [-0.1, -0.05) is 114 Å². The minimum absolute atomic E-state index is 0.0976. The first-order valence-electron chi connectivity index (χ1n) is 14.7. The number of carbonyl (C=O) groups is 2. The molecule has 1 aliphatic carbocycles. The summed E-state index contributed by atoms with van der Waals surface area (Å²) in [5.74, 6) is 6.26. The molecular weight excluding hydrogens is 470 g/mol. The molecule has 0 fully saturated rings. The Labute approximate surface area is 230 Å². The monoisotopic (exact) mass is 517 g/mol. The molecule has 1 aromatic carbocycles. The van der Waals surface area contributed by atoms with Gasteiger partial charge in [0, 0.05) is 24.9 Å². The van der Waals surface area contributed by atoms with E-state index in [0.29, 0.717) is 18.9 Å². The van der Waals surface area contributed by atoms with Crippen LogP contribution in [0.5, 0.6) is 0 Å². The number of amides is 1. The second-order valence-electron chi connectivity index (χ2n) is 10.3. The topological polar surface area (TPSA) is 57.6 Å². The SMILES string of the molecule is CCCCCCCCC#Cc1ccc(CN(C(=O)CCC(CC)CCC)C2C=CC=C(C(=O)O)C=C2)cc1. The van der Waals surface area contributed by atoms with Gasteiger partial charge in [0.2, 0.25) is 5.91 Å². The minimum Gasteiger partial charge on any atom is -0.478 e. The van der Waals surface area contributed by atoms with Gasteiger partial charge in [0.25, 0.3) is 0 Å². The first-order valence-corrected chi connectivity index (χ1v) is 14.7. The van der Waals surface area contributed by atoms with Crippen molar-refractivity contribution in [2.45, 2.75) is 110 Å². The fourth-order valence-electron chi connectivity index (χ4n) is 4.79. The summed E-state index contributed by atoms with van der Waals surface area (Å²) >= 11 is 0. The second-order valence-corrected chi connectivity index (χ2v) is 10.3. The zero-order valence-electron chi connectivity index (χ0n) is 23.8. The molecule has 1 aliphatic rings. The summed E-state index contributed by atoms with van der Waals surface area (Å²) in [5.41, 5.74) is 2.25. The number of hydrogen-bond donors (Lipinski definition) is 1. The van der Waals surface area contributed by atoms with E-state index in [-0.39, 0.29) is 17.5 Å². The summed E-state index contributed by atoms with van der Waals surface area (Å²) in [7, 11) is 0. The number of unbranched alkanes of at least 4 members (excludes halogenated alkanes) is 6. The highest BCUT2D eigenvalue weighted by Crippen LogP contribution is 2.21. The van der Waals surface area contributed by atoms with Crippen molar-refractivity contribution in [3.63, 3.8) is 0 Å². The smallest absolute Gasteiger partial charge is 0.335 e. The molecule has 206 valence electrons. The molecule has 0 heterocycles. The molecule has 4 heteroatoms. The van der Waals surface area contributed by atoms with E-state index in [0.717, 1.165) is 49.7 Å². The highest BCUT2D eigenvalue weighted by molar-refractivity contribution is 5.90. The van der Waals surface area contributed by atoms with Crippen LogP contribution in [0.2, 0.25) is 0 Å². The molecule has 0 radical (unpaired) electrons. The highest BCUT2D eigenvalue weighted by Gasteiger charge is 2.22. The van der Waals surface area contributed by atoms with Crippen LogP contribution in [-0.4, -0.2) is 27.9 Å². The quantitative estimate of drug-likeness (QED) is 0.177. The third-order valence-corrected chi connectivity index (χ3v) is 7.22.